The molecular weight excluding hydrogens is 177 g/mol. The normalized spacial score (nSPS) is 14.4. The molecule has 10 heavy (non-hydrogen) atoms. The fourth-order valence-corrected chi connectivity index (χ4v) is 0.327. The lowest BCUT2D eigenvalue weighted by Gasteiger charge is -2.06. The lowest BCUT2D eigenvalue weighted by molar-refractivity contribution is -0.189. The molecule has 0 aromatic heterocycles. The molecule has 60 valence electrons. The fraction of sp³-hybridized carbons (Fsp3) is 0.500. The number of hydrogen-bond donors (Lipinski definition) is 0. The SMILES string of the molecule is O=C(OS(=O)[O-])C(F)(F)F. The molecule has 1 unspecified atom stereocenters. The van der Waals surface area contributed by atoms with E-state index in [4.69, 9.17) is 0 Å². The van der Waals surface area contributed by atoms with Gasteiger partial charge in [0.05, 0.1) is 0 Å². The quantitative estimate of drug-likeness (QED) is 0.524. The maximum Gasteiger partial charge on any atom is 0.492 e. The molecule has 0 fully saturated rings. The van der Waals surface area contributed by atoms with E-state index < -0.39 is 23.5 Å². The summed E-state index contributed by atoms with van der Waals surface area (Å²) in [5.74, 6) is -2.75. The van der Waals surface area contributed by atoms with Gasteiger partial charge in [0.1, 0.15) is 11.4 Å². The summed E-state index contributed by atoms with van der Waals surface area (Å²) >= 11 is -3.46. The summed E-state index contributed by atoms with van der Waals surface area (Å²) in [5.41, 5.74) is 0. The Morgan fingerprint density at radius 2 is 1.90 bits per heavy atom. The van der Waals surface area contributed by atoms with Gasteiger partial charge in [0.2, 0.25) is 0 Å². The third-order valence-corrected chi connectivity index (χ3v) is 0.663. The Morgan fingerprint density at radius 3 is 2.00 bits per heavy atom. The number of rotatable bonds is 1. The highest BCUT2D eigenvalue weighted by molar-refractivity contribution is 7.74. The van der Waals surface area contributed by atoms with Crippen molar-refractivity contribution in [1.82, 2.24) is 0 Å². The van der Waals surface area contributed by atoms with Crippen LogP contribution in [0.3, 0.4) is 0 Å². The second kappa shape index (κ2) is 2.97. The van der Waals surface area contributed by atoms with E-state index in [1.165, 1.54) is 0 Å². The molecule has 0 spiro atoms. The minimum atomic E-state index is -5.26. The molecule has 0 aliphatic rings. The summed E-state index contributed by atoms with van der Waals surface area (Å²) < 4.78 is 54.6. The zero-order chi connectivity index (χ0) is 8.36. The van der Waals surface area contributed by atoms with E-state index in [9.17, 15) is 26.7 Å². The van der Waals surface area contributed by atoms with Crippen molar-refractivity contribution in [2.24, 2.45) is 0 Å². The van der Waals surface area contributed by atoms with Gasteiger partial charge in [0.15, 0.2) is 0 Å². The van der Waals surface area contributed by atoms with Crippen molar-refractivity contribution in [2.45, 2.75) is 6.18 Å². The fourth-order valence-electron chi connectivity index (χ4n) is 0.109. The van der Waals surface area contributed by atoms with Crippen LogP contribution in [0.2, 0.25) is 0 Å². The Kier molecular flexibility index (Phi) is 2.78. The zero-order valence-electron chi connectivity index (χ0n) is 4.18. The smallest absolute Gasteiger partial charge is 0.492 e. The van der Waals surface area contributed by atoms with Crippen molar-refractivity contribution in [1.29, 1.82) is 0 Å². The first-order valence-electron chi connectivity index (χ1n) is 1.73. The molecule has 0 saturated heterocycles. The van der Waals surface area contributed by atoms with Crippen LogP contribution in [0.5, 0.6) is 0 Å². The summed E-state index contributed by atoms with van der Waals surface area (Å²) in [6.45, 7) is 0. The Balaban J connectivity index is 3.99. The molecule has 0 rings (SSSR count). The molecule has 0 saturated carbocycles. The average Bonchev–Trinajstić information content (AvgIpc) is 1.60. The van der Waals surface area contributed by atoms with Gasteiger partial charge in [0.25, 0.3) is 0 Å². The highest BCUT2D eigenvalue weighted by atomic mass is 32.2. The molecule has 0 aromatic rings. The van der Waals surface area contributed by atoms with Crippen LogP contribution < -0.4 is 0 Å². The molecule has 0 radical (unpaired) electrons. The summed E-state index contributed by atoms with van der Waals surface area (Å²) in [6.07, 6.45) is -5.26. The van der Waals surface area contributed by atoms with Crippen LogP contribution in [0.25, 0.3) is 0 Å². The average molecular weight is 177 g/mol. The van der Waals surface area contributed by atoms with Crippen molar-refractivity contribution >= 4 is 17.3 Å². The third-order valence-electron chi connectivity index (χ3n) is 0.375. The summed E-state index contributed by atoms with van der Waals surface area (Å²) in [5, 5.41) is 0. The van der Waals surface area contributed by atoms with Crippen LogP contribution in [-0.4, -0.2) is 20.9 Å². The first-order valence-corrected chi connectivity index (χ1v) is 2.73. The second-order valence-corrected chi connectivity index (χ2v) is 1.65. The van der Waals surface area contributed by atoms with Gasteiger partial charge >= 0.3 is 12.1 Å². The third kappa shape index (κ3) is 3.41. The minimum absolute atomic E-state index is 2.75. The van der Waals surface area contributed by atoms with Crippen LogP contribution in [0, 0.1) is 0 Å². The van der Waals surface area contributed by atoms with Crippen molar-refractivity contribution < 1.29 is 30.9 Å². The maximum absolute atomic E-state index is 11.1. The molecular formula is C2F3O4S-. The van der Waals surface area contributed by atoms with Crippen molar-refractivity contribution in [3.05, 3.63) is 0 Å². The van der Waals surface area contributed by atoms with Crippen molar-refractivity contribution in [3.63, 3.8) is 0 Å². The van der Waals surface area contributed by atoms with Gasteiger partial charge in [-0.25, -0.2) is 9.00 Å². The summed E-state index contributed by atoms with van der Waals surface area (Å²) in [6, 6.07) is 0. The molecule has 4 nitrogen and oxygen atoms in total. The van der Waals surface area contributed by atoms with E-state index in [1.54, 1.807) is 0 Å². The minimum Gasteiger partial charge on any atom is -0.740 e. The van der Waals surface area contributed by atoms with Gasteiger partial charge < -0.3 is 8.74 Å². The van der Waals surface area contributed by atoms with E-state index in [0.717, 1.165) is 0 Å². The topological polar surface area (TPSA) is 66.4 Å². The number of halogens is 3. The Bertz CT molecular complexity index is 162. The van der Waals surface area contributed by atoms with Crippen LogP contribution in [-0.2, 0) is 20.3 Å². The summed E-state index contributed by atoms with van der Waals surface area (Å²) in [4.78, 5) is 9.53. The lowest BCUT2D eigenvalue weighted by Crippen LogP contribution is -2.25. The van der Waals surface area contributed by atoms with E-state index in [1.807, 2.05) is 0 Å². The lowest BCUT2D eigenvalue weighted by atomic mass is 10.7. The molecule has 0 bridgehead atoms. The number of carbonyl (C=O) groups is 1. The van der Waals surface area contributed by atoms with Crippen molar-refractivity contribution in [2.75, 3.05) is 0 Å². The Hall–Kier alpha value is -0.630. The van der Waals surface area contributed by atoms with Crippen molar-refractivity contribution in [3.8, 4) is 0 Å². The molecule has 0 aromatic carbocycles. The number of alkyl halides is 3. The Morgan fingerprint density at radius 1 is 1.50 bits per heavy atom. The molecule has 8 heteroatoms. The molecule has 0 aliphatic carbocycles. The molecule has 1 atom stereocenters. The zero-order valence-corrected chi connectivity index (χ0v) is 4.99. The van der Waals surface area contributed by atoms with Crippen LogP contribution in [0.1, 0.15) is 0 Å². The first kappa shape index (κ1) is 9.37. The van der Waals surface area contributed by atoms with Crippen LogP contribution in [0.4, 0.5) is 13.2 Å². The predicted octanol–water partition coefficient (Wildman–Crippen LogP) is -0.114. The highest BCUT2D eigenvalue weighted by Gasteiger charge is 2.41. The number of carbonyl (C=O) groups excluding carboxylic acids is 1. The first-order chi connectivity index (χ1) is 4.34. The largest absolute Gasteiger partial charge is 0.740 e. The van der Waals surface area contributed by atoms with E-state index in [0.29, 0.717) is 0 Å². The van der Waals surface area contributed by atoms with Gasteiger partial charge in [-0.1, -0.05) is 0 Å². The van der Waals surface area contributed by atoms with E-state index in [2.05, 4.69) is 4.18 Å². The van der Waals surface area contributed by atoms with Gasteiger partial charge in [-0.2, -0.15) is 13.2 Å². The highest BCUT2D eigenvalue weighted by Crippen LogP contribution is 2.16. The number of hydrogen-bond acceptors (Lipinski definition) is 4. The Labute approximate surface area is 55.5 Å². The van der Waals surface area contributed by atoms with Gasteiger partial charge in [0, 0.05) is 0 Å². The van der Waals surface area contributed by atoms with Gasteiger partial charge in [-0.15, -0.1) is 0 Å². The van der Waals surface area contributed by atoms with Crippen LogP contribution >= 0.6 is 0 Å². The summed E-state index contributed by atoms with van der Waals surface area (Å²) in [7, 11) is 0. The second-order valence-electron chi connectivity index (χ2n) is 1.07. The molecule has 0 amide bonds. The van der Waals surface area contributed by atoms with Crippen LogP contribution in [0.15, 0.2) is 0 Å². The van der Waals surface area contributed by atoms with Gasteiger partial charge in [-0.05, 0) is 0 Å². The molecule has 0 heterocycles. The monoisotopic (exact) mass is 177 g/mol. The van der Waals surface area contributed by atoms with E-state index in [-0.39, 0.29) is 0 Å². The molecule has 0 N–H and O–H groups in total. The predicted molar refractivity (Wildman–Crippen MR) is 21.1 cm³/mol. The molecule has 0 aliphatic heterocycles. The maximum atomic E-state index is 11.1. The standard InChI is InChI=1S/C2HF3O4S/c3-2(4,5)1(6)9-10(7)8/h(H,7,8)/p-1. The van der Waals surface area contributed by atoms with E-state index >= 15 is 0 Å². The van der Waals surface area contributed by atoms with Gasteiger partial charge in [-0.3, -0.25) is 0 Å².